The number of halogens is 1. The molecule has 6 heteroatoms. The lowest BCUT2D eigenvalue weighted by atomic mass is 10.2. The third-order valence-electron chi connectivity index (χ3n) is 3.13. The highest BCUT2D eigenvalue weighted by Crippen LogP contribution is 2.20. The minimum atomic E-state index is -0.406. The quantitative estimate of drug-likeness (QED) is 0.786. The van der Waals surface area contributed by atoms with Crippen LogP contribution in [0.5, 0.6) is 11.5 Å². The predicted octanol–water partition coefficient (Wildman–Crippen LogP) is 3.20. The fraction of sp³-hybridized carbons (Fsp3) is 0.125. The zero-order chi connectivity index (χ0) is 15.4. The van der Waals surface area contributed by atoms with Crippen molar-refractivity contribution in [3.8, 4) is 22.9 Å². The second-order valence-electron chi connectivity index (χ2n) is 4.61. The zero-order valence-corrected chi connectivity index (χ0v) is 11.9. The van der Waals surface area contributed by atoms with Crippen LogP contribution in [-0.2, 0) is 6.61 Å². The van der Waals surface area contributed by atoms with Gasteiger partial charge in [0.05, 0.1) is 24.7 Å². The molecule has 0 bridgehead atoms. The van der Waals surface area contributed by atoms with Gasteiger partial charge in [-0.25, -0.2) is 4.39 Å². The molecule has 0 atom stereocenters. The summed E-state index contributed by atoms with van der Waals surface area (Å²) in [6.45, 7) is 0.256. The maximum atomic E-state index is 13.6. The largest absolute Gasteiger partial charge is 0.494 e. The van der Waals surface area contributed by atoms with E-state index in [1.54, 1.807) is 24.5 Å². The van der Waals surface area contributed by atoms with Gasteiger partial charge in [0.15, 0.2) is 11.6 Å². The standard InChI is InChI=1S/C16H14FN3O2/c1-21-16-5-2-11(8-13(16)17)10-22-12-3-4-14(18-9-12)15-6-7-19-20-15/h2-9H,10H2,1H3,(H,19,20). The number of benzene rings is 1. The van der Waals surface area contributed by atoms with Gasteiger partial charge in [-0.05, 0) is 35.9 Å². The number of pyridine rings is 1. The van der Waals surface area contributed by atoms with Crippen molar-refractivity contribution in [3.63, 3.8) is 0 Å². The first-order valence-corrected chi connectivity index (χ1v) is 6.67. The molecule has 0 aliphatic heterocycles. The number of nitrogens with one attached hydrogen (secondary N) is 1. The van der Waals surface area contributed by atoms with Crippen LogP contribution in [0.15, 0.2) is 48.8 Å². The molecule has 5 nitrogen and oxygen atoms in total. The van der Waals surface area contributed by atoms with Crippen LogP contribution in [-0.4, -0.2) is 22.3 Å². The Hall–Kier alpha value is -2.89. The highest BCUT2D eigenvalue weighted by atomic mass is 19.1. The van der Waals surface area contributed by atoms with Gasteiger partial charge in [-0.3, -0.25) is 10.1 Å². The Kier molecular flexibility index (Phi) is 4.00. The summed E-state index contributed by atoms with van der Waals surface area (Å²) in [5.74, 6) is 0.421. The van der Waals surface area contributed by atoms with E-state index >= 15 is 0 Å². The molecule has 1 N–H and O–H groups in total. The average Bonchev–Trinajstić information content (AvgIpc) is 3.08. The van der Waals surface area contributed by atoms with Gasteiger partial charge in [0.1, 0.15) is 12.4 Å². The third kappa shape index (κ3) is 3.06. The molecular formula is C16H14FN3O2. The molecule has 0 amide bonds. The van der Waals surface area contributed by atoms with Crippen molar-refractivity contribution in [2.75, 3.05) is 7.11 Å². The van der Waals surface area contributed by atoms with E-state index < -0.39 is 5.82 Å². The van der Waals surface area contributed by atoms with E-state index in [2.05, 4.69) is 15.2 Å². The summed E-state index contributed by atoms with van der Waals surface area (Å²) in [5, 5.41) is 6.72. The molecule has 3 aromatic rings. The van der Waals surface area contributed by atoms with Crippen LogP contribution in [0.3, 0.4) is 0 Å². The lowest BCUT2D eigenvalue weighted by Crippen LogP contribution is -1.98. The van der Waals surface area contributed by atoms with Crippen molar-refractivity contribution in [2.45, 2.75) is 6.61 Å². The van der Waals surface area contributed by atoms with Crippen molar-refractivity contribution in [1.29, 1.82) is 0 Å². The minimum absolute atomic E-state index is 0.217. The second-order valence-corrected chi connectivity index (χ2v) is 4.61. The molecule has 0 radical (unpaired) electrons. The van der Waals surface area contributed by atoms with E-state index in [4.69, 9.17) is 9.47 Å². The third-order valence-corrected chi connectivity index (χ3v) is 3.13. The monoisotopic (exact) mass is 299 g/mol. The van der Waals surface area contributed by atoms with E-state index in [9.17, 15) is 4.39 Å². The summed E-state index contributed by atoms with van der Waals surface area (Å²) in [6, 6.07) is 10.2. The maximum absolute atomic E-state index is 13.6. The number of H-pyrrole nitrogens is 1. The summed E-state index contributed by atoms with van der Waals surface area (Å²) < 4.78 is 24.1. The van der Waals surface area contributed by atoms with E-state index in [-0.39, 0.29) is 12.4 Å². The molecule has 0 aliphatic carbocycles. The van der Waals surface area contributed by atoms with Gasteiger partial charge in [-0.15, -0.1) is 0 Å². The number of nitrogens with zero attached hydrogens (tertiary/aromatic N) is 2. The molecule has 1 aromatic carbocycles. The molecule has 0 spiro atoms. The topological polar surface area (TPSA) is 60.0 Å². The number of hydrogen-bond acceptors (Lipinski definition) is 4. The fourth-order valence-corrected chi connectivity index (χ4v) is 1.99. The van der Waals surface area contributed by atoms with Crippen molar-refractivity contribution in [3.05, 3.63) is 60.2 Å². The number of aromatic nitrogens is 3. The van der Waals surface area contributed by atoms with E-state index in [1.165, 1.54) is 13.2 Å². The number of methoxy groups -OCH3 is 1. The summed E-state index contributed by atoms with van der Waals surface area (Å²) in [7, 11) is 1.43. The number of ether oxygens (including phenoxy) is 2. The minimum Gasteiger partial charge on any atom is -0.494 e. The highest BCUT2D eigenvalue weighted by molar-refractivity contribution is 5.53. The van der Waals surface area contributed by atoms with Gasteiger partial charge < -0.3 is 9.47 Å². The van der Waals surface area contributed by atoms with Gasteiger partial charge >= 0.3 is 0 Å². The number of rotatable bonds is 5. The predicted molar refractivity (Wildman–Crippen MR) is 79.1 cm³/mol. The smallest absolute Gasteiger partial charge is 0.165 e. The Balaban J connectivity index is 1.65. The zero-order valence-electron chi connectivity index (χ0n) is 11.9. The van der Waals surface area contributed by atoms with Crippen LogP contribution in [0.1, 0.15) is 5.56 Å². The van der Waals surface area contributed by atoms with Crippen molar-refractivity contribution >= 4 is 0 Å². The fourth-order valence-electron chi connectivity index (χ4n) is 1.99. The Morgan fingerprint density at radius 1 is 1.18 bits per heavy atom. The molecule has 0 aliphatic rings. The number of aromatic amines is 1. The van der Waals surface area contributed by atoms with Crippen molar-refractivity contribution in [1.82, 2.24) is 15.2 Å². The van der Waals surface area contributed by atoms with E-state index in [0.29, 0.717) is 5.75 Å². The van der Waals surface area contributed by atoms with Crippen LogP contribution >= 0.6 is 0 Å². The molecule has 0 fully saturated rings. The van der Waals surface area contributed by atoms with Gasteiger partial charge in [-0.2, -0.15) is 5.10 Å². The summed E-state index contributed by atoms with van der Waals surface area (Å²) in [4.78, 5) is 4.29. The SMILES string of the molecule is COc1ccc(COc2ccc(-c3ccn[nH]3)nc2)cc1F. The van der Waals surface area contributed by atoms with E-state index in [1.807, 2.05) is 18.2 Å². The highest BCUT2D eigenvalue weighted by Gasteiger charge is 2.05. The van der Waals surface area contributed by atoms with Gasteiger partial charge in [0.2, 0.25) is 0 Å². The van der Waals surface area contributed by atoms with E-state index in [0.717, 1.165) is 17.0 Å². The van der Waals surface area contributed by atoms with Gasteiger partial charge in [-0.1, -0.05) is 6.07 Å². The number of hydrogen-bond donors (Lipinski definition) is 1. The Bertz CT molecular complexity index is 743. The first-order chi connectivity index (χ1) is 10.8. The van der Waals surface area contributed by atoms with Crippen LogP contribution in [0, 0.1) is 5.82 Å². The molecule has 2 heterocycles. The van der Waals surface area contributed by atoms with Gasteiger partial charge in [0, 0.05) is 6.20 Å². The first-order valence-electron chi connectivity index (χ1n) is 6.67. The normalized spacial score (nSPS) is 10.5. The summed E-state index contributed by atoms with van der Waals surface area (Å²) in [6.07, 6.45) is 3.29. The lowest BCUT2D eigenvalue weighted by Gasteiger charge is -2.08. The van der Waals surface area contributed by atoms with Crippen LogP contribution in [0.4, 0.5) is 4.39 Å². The second kappa shape index (κ2) is 6.26. The molecule has 0 saturated carbocycles. The Morgan fingerprint density at radius 2 is 2.09 bits per heavy atom. The van der Waals surface area contributed by atoms with Crippen LogP contribution in [0.25, 0.3) is 11.4 Å². The lowest BCUT2D eigenvalue weighted by molar-refractivity contribution is 0.303. The van der Waals surface area contributed by atoms with Crippen LogP contribution in [0.2, 0.25) is 0 Å². The molecule has 0 saturated heterocycles. The molecular weight excluding hydrogens is 285 g/mol. The first kappa shape index (κ1) is 14.1. The maximum Gasteiger partial charge on any atom is 0.165 e. The molecule has 3 rings (SSSR count). The molecule has 112 valence electrons. The van der Waals surface area contributed by atoms with Crippen molar-refractivity contribution in [2.24, 2.45) is 0 Å². The molecule has 2 aromatic heterocycles. The Labute approximate surface area is 126 Å². The Morgan fingerprint density at radius 3 is 2.73 bits per heavy atom. The average molecular weight is 299 g/mol. The summed E-state index contributed by atoms with van der Waals surface area (Å²) in [5.41, 5.74) is 2.33. The van der Waals surface area contributed by atoms with Crippen molar-refractivity contribution < 1.29 is 13.9 Å². The van der Waals surface area contributed by atoms with Gasteiger partial charge in [0.25, 0.3) is 0 Å². The molecule has 0 unspecified atom stereocenters. The molecule has 22 heavy (non-hydrogen) atoms. The van der Waals surface area contributed by atoms with Crippen LogP contribution < -0.4 is 9.47 Å². The summed E-state index contributed by atoms with van der Waals surface area (Å²) >= 11 is 0.